The molecule has 1 aliphatic rings. The zero-order valence-electron chi connectivity index (χ0n) is 16.7. The lowest BCUT2D eigenvalue weighted by atomic mass is 10.1. The second kappa shape index (κ2) is 9.14. The number of nitrogens with zero attached hydrogens (tertiary/aromatic N) is 1. The van der Waals surface area contributed by atoms with Gasteiger partial charge in [0.25, 0.3) is 5.91 Å². The molecule has 2 aromatic rings. The van der Waals surface area contributed by atoms with Gasteiger partial charge in [0.2, 0.25) is 10.0 Å². The number of hydrogen-bond acceptors (Lipinski definition) is 7. The first-order valence-corrected chi connectivity index (χ1v) is 12.4. The highest BCUT2D eigenvalue weighted by Crippen LogP contribution is 2.31. The first kappa shape index (κ1) is 23.5. The van der Waals surface area contributed by atoms with Gasteiger partial charge in [-0.25, -0.2) is 22.2 Å². The largest absolute Gasteiger partial charge is 0.506 e. The van der Waals surface area contributed by atoms with Gasteiger partial charge in [-0.1, -0.05) is 18.2 Å². The topological polar surface area (TPSA) is 170 Å². The molecule has 3 rings (SSSR count). The number of aryl methyl sites for hydroxylation is 1. The average Bonchev–Trinajstić information content (AvgIpc) is 2.98. The van der Waals surface area contributed by atoms with Crippen molar-refractivity contribution in [1.29, 1.82) is 0 Å². The maximum Gasteiger partial charge on any atom is 0.326 e. The molecule has 2 aromatic carbocycles. The molecular weight excluding hydrogens is 462 g/mol. The molecule has 0 spiro atoms. The van der Waals surface area contributed by atoms with Crippen LogP contribution in [0.4, 0.5) is 5.69 Å². The lowest BCUT2D eigenvalue weighted by Gasteiger charge is -2.16. The molecular formula is C19H21N3O8S2. The van der Waals surface area contributed by atoms with Gasteiger partial charge < -0.3 is 10.2 Å². The Hall–Kier alpha value is -3.16. The second-order valence-electron chi connectivity index (χ2n) is 7.05. The second-order valence-corrected chi connectivity index (χ2v) is 10.4. The van der Waals surface area contributed by atoms with Crippen molar-refractivity contribution in [2.75, 3.05) is 17.4 Å². The van der Waals surface area contributed by atoms with Crippen molar-refractivity contribution in [3.63, 3.8) is 0 Å². The molecule has 0 radical (unpaired) electrons. The maximum atomic E-state index is 12.4. The van der Waals surface area contributed by atoms with Gasteiger partial charge in [0, 0.05) is 13.0 Å². The van der Waals surface area contributed by atoms with Gasteiger partial charge in [-0.3, -0.25) is 9.59 Å². The Morgan fingerprint density at radius 3 is 2.31 bits per heavy atom. The number of carboxylic acid groups (broad SMARTS) is 1. The SMILES string of the molecule is O=C(O)CCc1ccc(S(=O)(=O)NCCc2ccc(N3CC(=O)NS3(=O)=O)c(O)c2)cc1. The van der Waals surface area contributed by atoms with Crippen LogP contribution < -0.4 is 13.7 Å². The van der Waals surface area contributed by atoms with Crippen LogP contribution in [0.25, 0.3) is 0 Å². The molecule has 0 aliphatic carbocycles. The average molecular weight is 484 g/mol. The summed E-state index contributed by atoms with van der Waals surface area (Å²) in [6.45, 7) is -0.423. The fourth-order valence-corrected chi connectivity index (χ4v) is 5.29. The summed E-state index contributed by atoms with van der Waals surface area (Å²) in [5, 5.41) is 18.9. The predicted molar refractivity (Wildman–Crippen MR) is 114 cm³/mol. The van der Waals surface area contributed by atoms with Crippen molar-refractivity contribution < 1.29 is 36.6 Å². The number of anilines is 1. The molecule has 0 aromatic heterocycles. The lowest BCUT2D eigenvalue weighted by Crippen LogP contribution is -2.29. The summed E-state index contributed by atoms with van der Waals surface area (Å²) >= 11 is 0. The lowest BCUT2D eigenvalue weighted by molar-refractivity contribution is -0.137. The summed E-state index contributed by atoms with van der Waals surface area (Å²) in [6.07, 6.45) is 0.464. The molecule has 0 saturated carbocycles. The molecule has 1 saturated heterocycles. The molecule has 1 aliphatic heterocycles. The third kappa shape index (κ3) is 5.55. The number of hydrogen-bond donors (Lipinski definition) is 4. The molecule has 0 atom stereocenters. The first-order valence-electron chi connectivity index (χ1n) is 9.43. The van der Waals surface area contributed by atoms with E-state index in [2.05, 4.69) is 4.72 Å². The van der Waals surface area contributed by atoms with E-state index in [1.54, 1.807) is 12.1 Å². The van der Waals surface area contributed by atoms with Gasteiger partial charge >= 0.3 is 16.2 Å². The van der Waals surface area contributed by atoms with Crippen molar-refractivity contribution in [2.45, 2.75) is 24.2 Å². The van der Waals surface area contributed by atoms with Crippen molar-refractivity contribution in [1.82, 2.24) is 9.44 Å². The van der Waals surface area contributed by atoms with E-state index >= 15 is 0 Å². The predicted octanol–water partition coefficient (Wildman–Crippen LogP) is 0.111. The van der Waals surface area contributed by atoms with E-state index in [1.165, 1.54) is 30.3 Å². The molecule has 1 fully saturated rings. The van der Waals surface area contributed by atoms with E-state index in [0.29, 0.717) is 17.5 Å². The van der Waals surface area contributed by atoms with Crippen LogP contribution in [0.2, 0.25) is 0 Å². The number of aliphatic carboxylic acids is 1. The van der Waals surface area contributed by atoms with Crippen molar-refractivity contribution in [3.8, 4) is 5.75 Å². The number of aromatic hydroxyl groups is 1. The number of carboxylic acids is 1. The summed E-state index contributed by atoms with van der Waals surface area (Å²) in [4.78, 5) is 22.0. The minimum Gasteiger partial charge on any atom is -0.506 e. The summed E-state index contributed by atoms with van der Waals surface area (Å²) in [5.74, 6) is -2.00. The van der Waals surface area contributed by atoms with E-state index in [1.807, 2.05) is 4.72 Å². The summed E-state index contributed by atoms with van der Waals surface area (Å²) < 4.78 is 53.6. The van der Waals surface area contributed by atoms with E-state index in [-0.39, 0.29) is 35.7 Å². The molecule has 32 heavy (non-hydrogen) atoms. The molecule has 1 amide bonds. The Balaban J connectivity index is 1.60. The van der Waals surface area contributed by atoms with Gasteiger partial charge in [0.05, 0.1) is 10.6 Å². The molecule has 1 heterocycles. The normalized spacial score (nSPS) is 15.5. The van der Waals surface area contributed by atoms with E-state index in [9.17, 15) is 31.5 Å². The van der Waals surface area contributed by atoms with Crippen molar-refractivity contribution >= 4 is 37.8 Å². The van der Waals surface area contributed by atoms with Crippen LogP contribution in [0, 0.1) is 0 Å². The van der Waals surface area contributed by atoms with Gasteiger partial charge in [0.1, 0.15) is 12.3 Å². The molecule has 0 unspecified atom stereocenters. The monoisotopic (exact) mass is 483 g/mol. The van der Waals surface area contributed by atoms with Crippen LogP contribution in [0.1, 0.15) is 17.5 Å². The number of carbonyl (C=O) groups is 2. The quantitative estimate of drug-likeness (QED) is 0.389. The first-order chi connectivity index (χ1) is 15.0. The summed E-state index contributed by atoms with van der Waals surface area (Å²) in [5.41, 5.74) is 1.20. The van der Waals surface area contributed by atoms with Gasteiger partial charge in [-0.05, 0) is 48.2 Å². The Labute approximate surface area is 184 Å². The van der Waals surface area contributed by atoms with E-state index in [0.717, 1.165) is 4.31 Å². The number of benzene rings is 2. The smallest absolute Gasteiger partial charge is 0.326 e. The zero-order chi connectivity index (χ0) is 23.5. The number of phenolic OH excluding ortho intramolecular Hbond substituents is 1. The highest BCUT2D eigenvalue weighted by Gasteiger charge is 2.35. The van der Waals surface area contributed by atoms with Crippen LogP contribution in [0.5, 0.6) is 5.75 Å². The number of amides is 1. The molecule has 11 nitrogen and oxygen atoms in total. The van der Waals surface area contributed by atoms with Gasteiger partial charge in [0.15, 0.2) is 0 Å². The number of nitrogens with one attached hydrogen (secondary N) is 2. The van der Waals surface area contributed by atoms with E-state index < -0.39 is 38.7 Å². The highest BCUT2D eigenvalue weighted by atomic mass is 32.2. The van der Waals surface area contributed by atoms with Crippen LogP contribution >= 0.6 is 0 Å². The Morgan fingerprint density at radius 1 is 1.09 bits per heavy atom. The van der Waals surface area contributed by atoms with Gasteiger partial charge in [-0.2, -0.15) is 8.42 Å². The standard InChI is InChI=1S/C19H21N3O8S2/c23-17-11-14(3-7-16(17)22-12-18(24)21-32(22,29)30)9-10-20-31(27,28)15-5-1-13(2-6-15)4-8-19(25)26/h1-3,5-7,11,20,23H,4,8-10,12H2,(H,21,24)(H,25,26). The maximum absolute atomic E-state index is 12.4. The Kier molecular flexibility index (Phi) is 6.71. The number of phenols is 1. The van der Waals surface area contributed by atoms with Crippen LogP contribution in [0.15, 0.2) is 47.4 Å². The highest BCUT2D eigenvalue weighted by molar-refractivity contribution is 7.92. The molecule has 172 valence electrons. The fourth-order valence-electron chi connectivity index (χ4n) is 3.10. The van der Waals surface area contributed by atoms with Crippen molar-refractivity contribution in [3.05, 3.63) is 53.6 Å². The number of carbonyl (C=O) groups excluding carboxylic acids is 1. The van der Waals surface area contributed by atoms with E-state index in [4.69, 9.17) is 5.11 Å². The summed E-state index contributed by atoms with van der Waals surface area (Å²) in [7, 11) is -7.84. The van der Waals surface area contributed by atoms with Crippen LogP contribution in [0.3, 0.4) is 0 Å². The number of rotatable bonds is 9. The Morgan fingerprint density at radius 2 is 1.75 bits per heavy atom. The molecule has 13 heteroatoms. The minimum atomic E-state index is -4.05. The van der Waals surface area contributed by atoms with Crippen LogP contribution in [-0.2, 0) is 42.7 Å². The third-order valence-corrected chi connectivity index (χ3v) is 7.56. The Bertz CT molecular complexity index is 1240. The summed E-state index contributed by atoms with van der Waals surface area (Å²) in [6, 6.07) is 10.1. The fraction of sp³-hybridized carbons (Fsp3) is 0.263. The molecule has 4 N–H and O–H groups in total. The van der Waals surface area contributed by atoms with Crippen molar-refractivity contribution in [2.24, 2.45) is 0 Å². The van der Waals surface area contributed by atoms with Gasteiger partial charge in [-0.15, -0.1) is 0 Å². The third-order valence-electron chi connectivity index (χ3n) is 4.70. The molecule has 0 bridgehead atoms. The van der Waals surface area contributed by atoms with Crippen LogP contribution in [-0.4, -0.2) is 52.0 Å². The zero-order valence-corrected chi connectivity index (χ0v) is 18.3. The number of sulfonamides is 1. The minimum absolute atomic E-state index is 0.0178.